The fraction of sp³-hybridized carbons (Fsp3) is 0.136. The van der Waals surface area contributed by atoms with Crippen LogP contribution in [0, 0.1) is 6.92 Å². The number of para-hydroxylation sites is 1. The molecule has 0 aliphatic rings. The molecule has 3 rings (SSSR count). The third kappa shape index (κ3) is 5.83. The van der Waals surface area contributed by atoms with Gasteiger partial charge in [0.25, 0.3) is 0 Å². The maximum Gasteiger partial charge on any atom is 0.193 e. The lowest BCUT2D eigenvalue weighted by Crippen LogP contribution is -2.22. The van der Waals surface area contributed by atoms with Gasteiger partial charge in [-0.05, 0) is 48.4 Å². The molecule has 0 aromatic heterocycles. The lowest BCUT2D eigenvalue weighted by molar-refractivity contribution is 0.483. The van der Waals surface area contributed by atoms with Crippen LogP contribution in [0.2, 0.25) is 0 Å². The summed E-state index contributed by atoms with van der Waals surface area (Å²) < 4.78 is 29.2. The van der Waals surface area contributed by atoms with Crippen molar-refractivity contribution < 1.29 is 13.2 Å². The first-order chi connectivity index (χ1) is 13.8. The monoisotopic (exact) mass is 409 g/mol. The van der Waals surface area contributed by atoms with Crippen molar-refractivity contribution in [2.45, 2.75) is 18.4 Å². The Hall–Kier alpha value is -3.32. The number of nitrogens with two attached hydrogens (primary N) is 1. The number of ether oxygens (including phenoxy) is 1. The molecular formula is C22H23N3O3S. The van der Waals surface area contributed by atoms with E-state index in [0.29, 0.717) is 22.8 Å². The van der Waals surface area contributed by atoms with Gasteiger partial charge in [-0.3, -0.25) is 0 Å². The molecule has 0 aliphatic heterocycles. The average Bonchev–Trinajstić information content (AvgIpc) is 2.66. The second-order valence-electron chi connectivity index (χ2n) is 6.64. The highest BCUT2D eigenvalue weighted by Crippen LogP contribution is 2.23. The van der Waals surface area contributed by atoms with E-state index in [1.54, 1.807) is 19.1 Å². The molecule has 3 aromatic carbocycles. The molecule has 0 saturated heterocycles. The summed E-state index contributed by atoms with van der Waals surface area (Å²) >= 11 is 0. The first kappa shape index (κ1) is 20.4. The average molecular weight is 410 g/mol. The van der Waals surface area contributed by atoms with Crippen LogP contribution in [-0.2, 0) is 16.4 Å². The molecule has 0 unspecified atom stereocenters. The zero-order chi connectivity index (χ0) is 20.9. The summed E-state index contributed by atoms with van der Waals surface area (Å²) in [7, 11) is -3.23. The van der Waals surface area contributed by atoms with E-state index in [4.69, 9.17) is 10.5 Å². The van der Waals surface area contributed by atoms with Gasteiger partial charge in [-0.25, -0.2) is 13.4 Å². The van der Waals surface area contributed by atoms with Gasteiger partial charge in [-0.15, -0.1) is 0 Å². The maximum absolute atomic E-state index is 11.7. The largest absolute Gasteiger partial charge is 0.457 e. The van der Waals surface area contributed by atoms with Crippen LogP contribution >= 0.6 is 0 Å². The Kier molecular flexibility index (Phi) is 6.19. The van der Waals surface area contributed by atoms with Crippen LogP contribution in [0.3, 0.4) is 0 Å². The van der Waals surface area contributed by atoms with E-state index < -0.39 is 9.84 Å². The van der Waals surface area contributed by atoms with Crippen molar-refractivity contribution in [3.8, 4) is 11.5 Å². The summed E-state index contributed by atoms with van der Waals surface area (Å²) in [6.07, 6.45) is 1.20. The Labute approximate surface area is 171 Å². The fourth-order valence-corrected chi connectivity index (χ4v) is 3.81. The first-order valence-corrected chi connectivity index (χ1v) is 10.9. The number of benzene rings is 3. The molecule has 7 heteroatoms. The quantitative estimate of drug-likeness (QED) is 0.472. The molecule has 0 atom stereocenters. The number of sulfone groups is 1. The zero-order valence-corrected chi connectivity index (χ0v) is 17.1. The molecular weight excluding hydrogens is 386 g/mol. The number of hydrogen-bond acceptors (Lipinski definition) is 4. The number of nitrogens with one attached hydrogen (secondary N) is 1. The summed E-state index contributed by atoms with van der Waals surface area (Å²) in [4.78, 5) is 4.65. The van der Waals surface area contributed by atoms with E-state index in [0.717, 1.165) is 17.0 Å². The first-order valence-electron chi connectivity index (χ1n) is 9.01. The minimum atomic E-state index is -3.23. The second kappa shape index (κ2) is 8.79. The molecule has 0 amide bonds. The van der Waals surface area contributed by atoms with Crippen LogP contribution in [0.25, 0.3) is 0 Å². The minimum absolute atomic E-state index is 0.256. The van der Waals surface area contributed by atoms with E-state index in [1.165, 1.54) is 6.26 Å². The molecule has 0 radical (unpaired) electrons. The summed E-state index contributed by atoms with van der Waals surface area (Å²) in [5.74, 6) is 1.69. The van der Waals surface area contributed by atoms with Gasteiger partial charge in [0.15, 0.2) is 15.8 Å². The lowest BCUT2D eigenvalue weighted by atomic mass is 10.1. The third-order valence-corrected chi connectivity index (χ3v) is 5.41. The molecule has 0 bridgehead atoms. The van der Waals surface area contributed by atoms with Crippen molar-refractivity contribution in [3.63, 3.8) is 0 Å². The van der Waals surface area contributed by atoms with Crippen LogP contribution in [-0.4, -0.2) is 20.6 Å². The molecule has 3 aromatic rings. The van der Waals surface area contributed by atoms with Crippen LogP contribution in [0.15, 0.2) is 82.7 Å². The lowest BCUT2D eigenvalue weighted by Gasteiger charge is -2.10. The number of guanidine groups is 1. The Bertz CT molecular complexity index is 1130. The molecule has 0 aliphatic carbocycles. The highest BCUT2D eigenvalue weighted by Gasteiger charge is 2.10. The van der Waals surface area contributed by atoms with Crippen molar-refractivity contribution >= 4 is 21.5 Å². The van der Waals surface area contributed by atoms with Crippen molar-refractivity contribution in [2.75, 3.05) is 11.6 Å². The highest BCUT2D eigenvalue weighted by atomic mass is 32.2. The molecule has 0 spiro atoms. The Balaban J connectivity index is 1.66. The third-order valence-electron chi connectivity index (χ3n) is 4.16. The van der Waals surface area contributed by atoms with E-state index >= 15 is 0 Å². The van der Waals surface area contributed by atoms with E-state index in [-0.39, 0.29) is 5.96 Å². The smallest absolute Gasteiger partial charge is 0.193 e. The molecule has 3 N–H and O–H groups in total. The van der Waals surface area contributed by atoms with Gasteiger partial charge in [0.1, 0.15) is 11.5 Å². The SMILES string of the molecule is Cc1cc(CN=C(N)Nc2cccc(Oc3ccccc3)c2)ccc1S(C)(=O)=O. The molecule has 6 nitrogen and oxygen atoms in total. The zero-order valence-electron chi connectivity index (χ0n) is 16.3. The second-order valence-corrected chi connectivity index (χ2v) is 8.63. The normalized spacial score (nSPS) is 11.9. The predicted molar refractivity (Wildman–Crippen MR) is 116 cm³/mol. The van der Waals surface area contributed by atoms with Gasteiger partial charge >= 0.3 is 0 Å². The van der Waals surface area contributed by atoms with Crippen molar-refractivity contribution in [3.05, 3.63) is 83.9 Å². The van der Waals surface area contributed by atoms with Gasteiger partial charge < -0.3 is 15.8 Å². The number of aliphatic imine (C=N–C) groups is 1. The molecule has 150 valence electrons. The van der Waals surface area contributed by atoms with Crippen LogP contribution in [0.5, 0.6) is 11.5 Å². The van der Waals surface area contributed by atoms with E-state index in [1.807, 2.05) is 60.7 Å². The number of nitrogens with zero attached hydrogens (tertiary/aromatic N) is 1. The highest BCUT2D eigenvalue weighted by molar-refractivity contribution is 7.90. The van der Waals surface area contributed by atoms with Crippen molar-refractivity contribution in [1.29, 1.82) is 0 Å². The number of hydrogen-bond donors (Lipinski definition) is 2. The van der Waals surface area contributed by atoms with Crippen LogP contribution in [0.1, 0.15) is 11.1 Å². The molecule has 29 heavy (non-hydrogen) atoms. The molecule has 0 saturated carbocycles. The fourth-order valence-electron chi connectivity index (χ4n) is 2.85. The Morgan fingerprint density at radius 3 is 2.41 bits per heavy atom. The van der Waals surface area contributed by atoms with Crippen molar-refractivity contribution in [1.82, 2.24) is 0 Å². The number of aryl methyl sites for hydroxylation is 1. The van der Waals surface area contributed by atoms with Crippen LogP contribution in [0.4, 0.5) is 5.69 Å². The van der Waals surface area contributed by atoms with Gasteiger partial charge in [0.2, 0.25) is 0 Å². The topological polar surface area (TPSA) is 93.8 Å². The summed E-state index contributed by atoms with van der Waals surface area (Å²) in [6.45, 7) is 2.10. The Morgan fingerprint density at radius 2 is 1.72 bits per heavy atom. The van der Waals surface area contributed by atoms with Gasteiger partial charge in [-0.2, -0.15) is 0 Å². The van der Waals surface area contributed by atoms with Crippen LogP contribution < -0.4 is 15.8 Å². The van der Waals surface area contributed by atoms with E-state index in [2.05, 4.69) is 10.3 Å². The number of anilines is 1. The summed E-state index contributed by atoms with van der Waals surface area (Å²) in [5, 5.41) is 3.04. The van der Waals surface area contributed by atoms with Gasteiger partial charge in [0, 0.05) is 18.0 Å². The molecule has 0 heterocycles. The Morgan fingerprint density at radius 1 is 1.00 bits per heavy atom. The van der Waals surface area contributed by atoms with Crippen molar-refractivity contribution in [2.24, 2.45) is 10.7 Å². The summed E-state index contributed by atoms with van der Waals surface area (Å²) in [6, 6.07) is 22.1. The number of rotatable bonds is 6. The minimum Gasteiger partial charge on any atom is -0.457 e. The van der Waals surface area contributed by atoms with Gasteiger partial charge in [-0.1, -0.05) is 36.4 Å². The summed E-state index contributed by atoms with van der Waals surface area (Å²) in [5.41, 5.74) is 8.32. The maximum atomic E-state index is 11.7. The predicted octanol–water partition coefficient (Wildman–Crippen LogP) is 4.12. The molecule has 0 fully saturated rings. The van der Waals surface area contributed by atoms with E-state index in [9.17, 15) is 8.42 Å². The van der Waals surface area contributed by atoms with Gasteiger partial charge in [0.05, 0.1) is 11.4 Å². The standard InChI is InChI=1S/C22H23N3O3S/c1-16-13-17(11-12-21(16)29(2,26)27)15-24-22(23)25-18-7-6-10-20(14-18)28-19-8-4-3-5-9-19/h3-14H,15H2,1-2H3,(H3,23,24,25).